The van der Waals surface area contributed by atoms with Gasteiger partial charge in [0.2, 0.25) is 0 Å². The topological polar surface area (TPSA) is 9.23 Å². The largest absolute Gasteiger partial charge is 2.00 e. The molecule has 0 spiro atoms. The zero-order valence-corrected chi connectivity index (χ0v) is 22.8. The quantitative estimate of drug-likeness (QED) is 0.159. The molecule has 5 aromatic carbocycles. The number of rotatable bonds is 5. The van der Waals surface area contributed by atoms with Gasteiger partial charge >= 0.3 is 16.8 Å². The van der Waals surface area contributed by atoms with Crippen LogP contribution >= 0.6 is 7.92 Å². The first-order valence-electron chi connectivity index (χ1n) is 12.1. The van der Waals surface area contributed by atoms with Crippen LogP contribution in [0, 0.1) is 18.6 Å². The summed E-state index contributed by atoms with van der Waals surface area (Å²) in [6.45, 7) is 0. The molecule has 0 N–H and O–H groups in total. The van der Waals surface area contributed by atoms with Crippen molar-refractivity contribution in [1.29, 1.82) is 0 Å². The molecule has 188 valence electrons. The van der Waals surface area contributed by atoms with Gasteiger partial charge in [-0.15, -0.1) is 24.3 Å². The van der Waals surface area contributed by atoms with E-state index < -0.39 is 7.92 Å². The van der Waals surface area contributed by atoms with Gasteiger partial charge in [0, 0.05) is 17.9 Å². The predicted molar refractivity (Wildman–Crippen MR) is 158 cm³/mol. The number of hydrogen-bond donors (Lipinski definition) is 0. The van der Waals surface area contributed by atoms with E-state index in [0.717, 1.165) is 0 Å². The summed E-state index contributed by atoms with van der Waals surface area (Å²) in [6, 6.07) is 53.3. The van der Waals surface area contributed by atoms with Crippen molar-refractivity contribution in [3.05, 3.63) is 182 Å². The maximum Gasteiger partial charge on any atom is 2.00 e. The van der Waals surface area contributed by atoms with Gasteiger partial charge in [-0.3, -0.25) is 0 Å². The van der Waals surface area contributed by atoms with Crippen molar-refractivity contribution >= 4 is 23.8 Å². The van der Waals surface area contributed by atoms with Gasteiger partial charge in [0.1, 0.15) is 0 Å². The molecular formula is C35H28CoOP. The smallest absolute Gasteiger partial charge is 0.509 e. The molecule has 0 bridgehead atoms. The standard InChI is InChI=1S/C18H15P.C12H8O.C5H5.Co/c1-4-10-16(11-5-1)19(17-12-6-2-7-13-17)18-14-8-3-9-15-18;1-3-7-11(8-4-1)13-12-9-5-2-6-10-12;1-2-4-5-3-1;/h1-15H;1-7,9H;1-5H;/q;-2;;+2. The van der Waals surface area contributed by atoms with Crippen molar-refractivity contribution in [3.63, 3.8) is 0 Å². The molecule has 1 nitrogen and oxygen atoms in total. The van der Waals surface area contributed by atoms with Crippen LogP contribution in [-0.2, 0) is 16.8 Å². The molecule has 0 fully saturated rings. The SMILES string of the molecule is [CH]1C=CC=C1.[Co+2].[c-]1ccccc1Oc1[c-]cccc1.c1ccc(P(c2ccccc2)c2ccccc2)cc1. The average Bonchev–Trinajstić information content (AvgIpc) is 3.57. The van der Waals surface area contributed by atoms with Crippen molar-refractivity contribution in [1.82, 2.24) is 0 Å². The Morgan fingerprint density at radius 1 is 0.421 bits per heavy atom. The Kier molecular flexibility index (Phi) is 12.9. The molecule has 2 radical (unpaired) electrons. The third-order valence-electron chi connectivity index (χ3n) is 5.18. The normalized spacial score (nSPS) is 10.9. The first-order valence-corrected chi connectivity index (χ1v) is 13.5. The molecule has 5 aromatic rings. The maximum atomic E-state index is 5.47. The first-order chi connectivity index (χ1) is 18.4. The summed E-state index contributed by atoms with van der Waals surface area (Å²) in [5, 5.41) is 4.19. The summed E-state index contributed by atoms with van der Waals surface area (Å²) >= 11 is 0. The molecule has 1 aliphatic carbocycles. The van der Waals surface area contributed by atoms with Crippen molar-refractivity contribution in [3.8, 4) is 11.5 Å². The monoisotopic (exact) mass is 554 g/mol. The predicted octanol–water partition coefficient (Wildman–Crippen LogP) is 7.84. The number of para-hydroxylation sites is 2. The Bertz CT molecular complexity index is 1200. The van der Waals surface area contributed by atoms with Crippen LogP contribution in [0.4, 0.5) is 0 Å². The fraction of sp³-hybridized carbons (Fsp3) is 0. The van der Waals surface area contributed by atoms with Crippen LogP contribution in [-0.4, -0.2) is 0 Å². The molecule has 0 unspecified atom stereocenters. The van der Waals surface area contributed by atoms with E-state index in [-0.39, 0.29) is 16.8 Å². The summed E-state index contributed by atoms with van der Waals surface area (Å²) in [5.41, 5.74) is 0. The van der Waals surface area contributed by atoms with Crippen LogP contribution in [0.5, 0.6) is 11.5 Å². The van der Waals surface area contributed by atoms with E-state index in [0.29, 0.717) is 11.5 Å². The summed E-state index contributed by atoms with van der Waals surface area (Å²) in [5.74, 6) is 1.43. The van der Waals surface area contributed by atoms with Gasteiger partial charge < -0.3 is 4.74 Å². The molecule has 0 heterocycles. The first kappa shape index (κ1) is 28.9. The van der Waals surface area contributed by atoms with Crippen LogP contribution in [0.3, 0.4) is 0 Å². The molecular weight excluding hydrogens is 526 g/mol. The van der Waals surface area contributed by atoms with Crippen LogP contribution < -0.4 is 20.7 Å². The Hall–Kier alpha value is -3.68. The molecule has 0 atom stereocenters. The van der Waals surface area contributed by atoms with Gasteiger partial charge in [-0.1, -0.05) is 115 Å². The summed E-state index contributed by atoms with van der Waals surface area (Å²) in [4.78, 5) is 0. The molecule has 0 saturated carbocycles. The van der Waals surface area contributed by atoms with Gasteiger partial charge in [-0.2, -0.15) is 36.4 Å². The van der Waals surface area contributed by atoms with Gasteiger partial charge in [-0.05, 0) is 23.8 Å². The molecule has 6 rings (SSSR count). The van der Waals surface area contributed by atoms with Crippen LogP contribution in [0.15, 0.2) is 164 Å². The minimum atomic E-state index is -0.446. The minimum absolute atomic E-state index is 0. The second-order valence-corrected chi connectivity index (χ2v) is 10.1. The van der Waals surface area contributed by atoms with Crippen molar-refractivity contribution in [2.45, 2.75) is 0 Å². The van der Waals surface area contributed by atoms with Crippen LogP contribution in [0.1, 0.15) is 0 Å². The van der Waals surface area contributed by atoms with Gasteiger partial charge in [0.25, 0.3) is 0 Å². The number of ether oxygens (including phenoxy) is 1. The van der Waals surface area contributed by atoms with Crippen molar-refractivity contribution in [2.24, 2.45) is 0 Å². The van der Waals surface area contributed by atoms with E-state index in [1.54, 1.807) is 0 Å². The zero-order valence-electron chi connectivity index (χ0n) is 20.9. The molecule has 0 aromatic heterocycles. The number of benzene rings is 5. The van der Waals surface area contributed by atoms with E-state index >= 15 is 0 Å². The molecule has 1 aliphatic rings. The summed E-state index contributed by atoms with van der Waals surface area (Å²) in [7, 11) is -0.446. The Labute approximate surface area is 238 Å². The number of hydrogen-bond acceptors (Lipinski definition) is 1. The third-order valence-corrected chi connectivity index (χ3v) is 7.62. The van der Waals surface area contributed by atoms with Crippen molar-refractivity contribution < 1.29 is 21.5 Å². The summed E-state index contributed by atoms with van der Waals surface area (Å²) < 4.78 is 5.47. The molecule has 0 aliphatic heterocycles. The molecule has 0 amide bonds. The van der Waals surface area contributed by atoms with Crippen molar-refractivity contribution in [2.75, 3.05) is 0 Å². The van der Waals surface area contributed by atoms with E-state index in [1.165, 1.54) is 15.9 Å². The van der Waals surface area contributed by atoms with Gasteiger partial charge in [0.05, 0.1) is 0 Å². The second-order valence-electron chi connectivity index (χ2n) is 7.86. The van der Waals surface area contributed by atoms with Crippen LogP contribution in [0.25, 0.3) is 0 Å². The maximum absolute atomic E-state index is 5.47. The van der Waals surface area contributed by atoms with E-state index in [4.69, 9.17) is 4.74 Å². The van der Waals surface area contributed by atoms with E-state index in [9.17, 15) is 0 Å². The van der Waals surface area contributed by atoms with E-state index in [2.05, 4.69) is 103 Å². The molecule has 38 heavy (non-hydrogen) atoms. The van der Waals surface area contributed by atoms with Gasteiger partial charge in [0.15, 0.2) is 0 Å². The Morgan fingerprint density at radius 2 is 0.789 bits per heavy atom. The third kappa shape index (κ3) is 9.65. The van der Waals surface area contributed by atoms with Gasteiger partial charge in [-0.25, -0.2) is 0 Å². The fourth-order valence-corrected chi connectivity index (χ4v) is 5.80. The fourth-order valence-electron chi connectivity index (χ4n) is 3.50. The Morgan fingerprint density at radius 3 is 1.08 bits per heavy atom. The number of allylic oxidation sites excluding steroid dienone is 4. The summed E-state index contributed by atoms with van der Waals surface area (Å²) in [6.07, 6.45) is 10.0. The molecule has 0 saturated heterocycles. The minimum Gasteiger partial charge on any atom is -0.509 e. The van der Waals surface area contributed by atoms with Crippen LogP contribution in [0.2, 0.25) is 0 Å². The Balaban J connectivity index is 0.000000182. The van der Waals surface area contributed by atoms with E-state index in [1.807, 2.05) is 79.3 Å². The second kappa shape index (κ2) is 16.9. The molecule has 3 heteroatoms. The average molecular weight is 555 g/mol. The zero-order chi connectivity index (χ0) is 25.4.